The van der Waals surface area contributed by atoms with Gasteiger partial charge in [-0.3, -0.25) is 9.59 Å². The molecule has 0 aromatic heterocycles. The summed E-state index contributed by atoms with van der Waals surface area (Å²) in [6.45, 7) is 3.61. The molecule has 2 aromatic carbocycles. The third kappa shape index (κ3) is 5.17. The van der Waals surface area contributed by atoms with E-state index in [4.69, 9.17) is 0 Å². The number of nitrogens with zero attached hydrogens (tertiary/aromatic N) is 2. The maximum Gasteiger partial charge on any atom is 0.243 e. The van der Waals surface area contributed by atoms with Crippen molar-refractivity contribution in [2.45, 2.75) is 37.5 Å². The number of ketones is 1. The van der Waals surface area contributed by atoms with E-state index in [-0.39, 0.29) is 41.5 Å². The average Bonchev–Trinajstić information content (AvgIpc) is 2.84. The Morgan fingerprint density at radius 3 is 1.94 bits per heavy atom. The highest BCUT2D eigenvalue weighted by atomic mass is 32.2. The van der Waals surface area contributed by atoms with E-state index in [2.05, 4.69) is 0 Å². The molecule has 0 bridgehead atoms. The molecule has 0 radical (unpaired) electrons. The van der Waals surface area contributed by atoms with Gasteiger partial charge in [-0.2, -0.15) is 4.31 Å². The first kappa shape index (κ1) is 23.6. The second kappa shape index (κ2) is 9.73. The topological polar surface area (TPSA) is 74.8 Å². The lowest BCUT2D eigenvalue weighted by molar-refractivity contribution is -0.138. The van der Waals surface area contributed by atoms with Crippen LogP contribution in [0.5, 0.6) is 0 Å². The summed E-state index contributed by atoms with van der Waals surface area (Å²) in [4.78, 5) is 27.7. The van der Waals surface area contributed by atoms with Crippen LogP contribution in [-0.2, 0) is 14.8 Å². The summed E-state index contributed by atoms with van der Waals surface area (Å²) in [6.07, 6.45) is 2.22. The van der Waals surface area contributed by atoms with Crippen molar-refractivity contribution >= 4 is 21.7 Å². The molecule has 0 saturated carbocycles. The maximum absolute atomic E-state index is 13.1. The average molecular weight is 473 g/mol. The van der Waals surface area contributed by atoms with E-state index in [0.717, 1.165) is 23.3 Å². The van der Waals surface area contributed by atoms with Gasteiger partial charge >= 0.3 is 0 Å². The molecule has 6 nitrogen and oxygen atoms in total. The van der Waals surface area contributed by atoms with Crippen LogP contribution in [0.4, 0.5) is 4.39 Å². The summed E-state index contributed by atoms with van der Waals surface area (Å²) in [7, 11) is -3.69. The Bertz CT molecular complexity index is 1100. The van der Waals surface area contributed by atoms with Crippen LogP contribution in [0.3, 0.4) is 0 Å². The minimum absolute atomic E-state index is 0.0510. The Morgan fingerprint density at radius 2 is 1.36 bits per heavy atom. The monoisotopic (exact) mass is 472 g/mol. The van der Waals surface area contributed by atoms with Crippen molar-refractivity contribution < 1.29 is 22.4 Å². The summed E-state index contributed by atoms with van der Waals surface area (Å²) >= 11 is 0. The minimum atomic E-state index is -3.69. The molecule has 2 saturated heterocycles. The lowest BCUT2D eigenvalue weighted by Gasteiger charge is -2.36. The highest BCUT2D eigenvalue weighted by Crippen LogP contribution is 2.28. The number of aryl methyl sites for hydroxylation is 1. The summed E-state index contributed by atoms with van der Waals surface area (Å²) in [5.41, 5.74) is 1.84. The lowest BCUT2D eigenvalue weighted by Crippen LogP contribution is -2.47. The van der Waals surface area contributed by atoms with Crippen LogP contribution in [-0.4, -0.2) is 55.5 Å². The molecule has 2 aromatic rings. The minimum Gasteiger partial charge on any atom is -0.342 e. The van der Waals surface area contributed by atoms with Crippen molar-refractivity contribution in [2.75, 3.05) is 26.2 Å². The van der Waals surface area contributed by atoms with Crippen molar-refractivity contribution in [3.63, 3.8) is 0 Å². The fourth-order valence-electron chi connectivity index (χ4n) is 4.67. The van der Waals surface area contributed by atoms with Crippen molar-refractivity contribution in [3.8, 4) is 0 Å². The van der Waals surface area contributed by atoms with E-state index >= 15 is 0 Å². The molecule has 1 amide bonds. The molecule has 2 aliphatic rings. The number of rotatable bonds is 5. The Balaban J connectivity index is 1.29. The summed E-state index contributed by atoms with van der Waals surface area (Å²) < 4.78 is 40.1. The Kier molecular flexibility index (Phi) is 6.95. The lowest BCUT2D eigenvalue weighted by atomic mass is 9.87. The molecule has 2 fully saturated rings. The second-order valence-corrected chi connectivity index (χ2v) is 10.9. The van der Waals surface area contributed by atoms with Gasteiger partial charge in [-0.25, -0.2) is 12.8 Å². The van der Waals surface area contributed by atoms with Crippen LogP contribution in [0.15, 0.2) is 53.4 Å². The quantitative estimate of drug-likeness (QED) is 0.623. The number of benzene rings is 2. The number of carbonyl (C=O) groups excluding carboxylic acids is 2. The van der Waals surface area contributed by atoms with Gasteiger partial charge in [0.1, 0.15) is 5.82 Å². The van der Waals surface area contributed by atoms with E-state index in [1.54, 1.807) is 0 Å². The van der Waals surface area contributed by atoms with E-state index in [9.17, 15) is 22.4 Å². The van der Waals surface area contributed by atoms with E-state index in [1.807, 2.05) is 36.1 Å². The molecule has 0 N–H and O–H groups in total. The van der Waals surface area contributed by atoms with Gasteiger partial charge in [0.05, 0.1) is 4.90 Å². The van der Waals surface area contributed by atoms with Crippen LogP contribution < -0.4 is 0 Å². The number of halogens is 1. The highest BCUT2D eigenvalue weighted by Gasteiger charge is 2.35. The predicted octanol–water partition coefficient (Wildman–Crippen LogP) is 3.66. The van der Waals surface area contributed by atoms with Gasteiger partial charge in [0.25, 0.3) is 0 Å². The molecule has 8 heteroatoms. The van der Waals surface area contributed by atoms with Gasteiger partial charge in [-0.1, -0.05) is 29.8 Å². The molecule has 0 unspecified atom stereocenters. The third-order valence-corrected chi connectivity index (χ3v) is 8.68. The fraction of sp³-hybridized carbons (Fsp3) is 0.440. The molecule has 0 spiro atoms. The second-order valence-electron chi connectivity index (χ2n) is 8.96. The van der Waals surface area contributed by atoms with Crippen molar-refractivity contribution in [1.29, 1.82) is 0 Å². The zero-order valence-corrected chi connectivity index (χ0v) is 19.6. The zero-order chi connectivity index (χ0) is 23.6. The van der Waals surface area contributed by atoms with E-state index < -0.39 is 15.8 Å². The van der Waals surface area contributed by atoms with Gasteiger partial charge < -0.3 is 4.90 Å². The van der Waals surface area contributed by atoms with E-state index in [0.29, 0.717) is 38.8 Å². The Morgan fingerprint density at radius 1 is 0.818 bits per heavy atom. The number of hydrogen-bond acceptors (Lipinski definition) is 4. The number of piperidine rings is 2. The number of sulfonamides is 1. The molecule has 0 atom stereocenters. The van der Waals surface area contributed by atoms with Gasteiger partial charge in [0.2, 0.25) is 15.9 Å². The Labute approximate surface area is 194 Å². The Hall–Kier alpha value is -2.58. The smallest absolute Gasteiger partial charge is 0.243 e. The number of Topliss-reactive ketones (excluding diaryl/α,β-unsaturated/α-hetero) is 1. The first-order chi connectivity index (χ1) is 15.8. The van der Waals surface area contributed by atoms with Gasteiger partial charge in [-0.15, -0.1) is 0 Å². The molecule has 176 valence electrons. The fourth-order valence-corrected chi connectivity index (χ4v) is 6.14. The summed E-state index contributed by atoms with van der Waals surface area (Å²) in [6, 6.07) is 12.4. The molecular weight excluding hydrogens is 443 g/mol. The number of likely N-dealkylation sites (tertiary alicyclic amines) is 1. The van der Waals surface area contributed by atoms with Gasteiger partial charge in [0, 0.05) is 43.6 Å². The number of amides is 1. The van der Waals surface area contributed by atoms with Crippen LogP contribution in [0.1, 0.15) is 41.6 Å². The van der Waals surface area contributed by atoms with Crippen LogP contribution >= 0.6 is 0 Å². The molecule has 2 heterocycles. The molecule has 0 aliphatic carbocycles. The molecule has 2 aliphatic heterocycles. The number of hydrogen-bond donors (Lipinski definition) is 0. The highest BCUT2D eigenvalue weighted by molar-refractivity contribution is 7.89. The first-order valence-corrected chi connectivity index (χ1v) is 12.8. The largest absolute Gasteiger partial charge is 0.342 e. The van der Waals surface area contributed by atoms with Crippen molar-refractivity contribution in [2.24, 2.45) is 11.8 Å². The van der Waals surface area contributed by atoms with Crippen LogP contribution in [0, 0.1) is 24.6 Å². The van der Waals surface area contributed by atoms with Crippen LogP contribution in [0.25, 0.3) is 0 Å². The first-order valence-electron chi connectivity index (χ1n) is 11.4. The third-order valence-electron chi connectivity index (χ3n) is 6.77. The SMILES string of the molecule is Cc1ccc(C(=O)C2CCN(C(=O)C3CCN(S(=O)(=O)c4ccc(F)cc4)CC3)CC2)cc1. The predicted molar refractivity (Wildman–Crippen MR) is 123 cm³/mol. The molecule has 4 rings (SSSR count). The molecular formula is C25H29FN2O4S. The molecule has 33 heavy (non-hydrogen) atoms. The summed E-state index contributed by atoms with van der Waals surface area (Å²) in [5.74, 6) is -0.576. The summed E-state index contributed by atoms with van der Waals surface area (Å²) in [5, 5.41) is 0. The van der Waals surface area contributed by atoms with Gasteiger partial charge in [-0.05, 0) is 56.9 Å². The maximum atomic E-state index is 13.1. The number of carbonyl (C=O) groups is 2. The van der Waals surface area contributed by atoms with Gasteiger partial charge in [0.15, 0.2) is 5.78 Å². The van der Waals surface area contributed by atoms with Crippen molar-refractivity contribution in [1.82, 2.24) is 9.21 Å². The van der Waals surface area contributed by atoms with Crippen molar-refractivity contribution in [3.05, 3.63) is 65.5 Å². The van der Waals surface area contributed by atoms with Crippen LogP contribution in [0.2, 0.25) is 0 Å². The normalized spacial score (nSPS) is 18.9. The standard InChI is InChI=1S/C25H29FN2O4S/c1-18-2-4-19(5-3-18)24(29)20-10-14-27(15-11-20)25(30)21-12-16-28(17-13-21)33(31,32)23-8-6-22(26)7-9-23/h2-9,20-21H,10-17H2,1H3. The zero-order valence-electron chi connectivity index (χ0n) is 18.7. The van der Waals surface area contributed by atoms with E-state index in [1.165, 1.54) is 16.4 Å².